The Kier molecular flexibility index (Phi) is 3.05. The molecule has 1 aromatic rings. The van der Waals surface area contributed by atoms with Gasteiger partial charge in [-0.15, -0.1) is 0 Å². The van der Waals surface area contributed by atoms with Crippen LogP contribution in [0.4, 0.5) is 0 Å². The predicted octanol–water partition coefficient (Wildman–Crippen LogP) is 1.69. The molecule has 1 aromatic heterocycles. The number of pyridine rings is 1. The Balaban J connectivity index is 2.75. The highest BCUT2D eigenvalue weighted by Crippen LogP contribution is 2.45. The number of nitrogens with zero attached hydrogens (tertiary/aromatic N) is 1. The molecule has 1 atom stereocenters. The number of cyclic esters (lactones) is 1. The third-order valence-electron chi connectivity index (χ3n) is 4.01. The van der Waals surface area contributed by atoms with Crippen LogP contribution in [0.5, 0.6) is 5.88 Å². The second-order valence-electron chi connectivity index (χ2n) is 5.57. The van der Waals surface area contributed by atoms with Crippen LogP contribution in [0, 0.1) is 12.3 Å². The normalized spacial score (nSPS) is 25.3. The van der Waals surface area contributed by atoms with E-state index in [1.54, 1.807) is 26.8 Å². The van der Waals surface area contributed by atoms with Crippen LogP contribution in [0.25, 0.3) is 0 Å². The van der Waals surface area contributed by atoms with Crippen molar-refractivity contribution in [3.63, 3.8) is 0 Å². The summed E-state index contributed by atoms with van der Waals surface area (Å²) in [6.45, 7) is 6.85. The lowest BCUT2D eigenvalue weighted by Gasteiger charge is -2.36. The van der Waals surface area contributed by atoms with Crippen molar-refractivity contribution < 1.29 is 19.4 Å². The number of aryl methyl sites for hydroxylation is 1. The zero-order valence-corrected chi connectivity index (χ0v) is 11.9. The Labute approximate surface area is 112 Å². The molecule has 1 aliphatic heterocycles. The fourth-order valence-corrected chi connectivity index (χ4v) is 2.27. The molecule has 1 N–H and O–H groups in total. The standard InChI is InChI=1S/C14H19NO4/c1-8-6-10-9(11(15-8)18-5)7-19-12(16)13(2,3)14(10,4)17/h6,17H,7H2,1-5H3. The van der Waals surface area contributed by atoms with Gasteiger partial charge in [0.1, 0.15) is 12.2 Å². The molecule has 104 valence electrons. The molecule has 0 spiro atoms. The smallest absolute Gasteiger partial charge is 0.315 e. The molecule has 0 radical (unpaired) electrons. The summed E-state index contributed by atoms with van der Waals surface area (Å²) in [4.78, 5) is 16.3. The fourth-order valence-electron chi connectivity index (χ4n) is 2.27. The van der Waals surface area contributed by atoms with Crippen molar-refractivity contribution >= 4 is 5.97 Å². The van der Waals surface area contributed by atoms with Crippen molar-refractivity contribution in [1.82, 2.24) is 4.98 Å². The van der Waals surface area contributed by atoms with Crippen LogP contribution in [0.3, 0.4) is 0 Å². The molecule has 0 aromatic carbocycles. The topological polar surface area (TPSA) is 68.7 Å². The third-order valence-corrected chi connectivity index (χ3v) is 4.01. The molecule has 0 amide bonds. The van der Waals surface area contributed by atoms with Crippen LogP contribution in [-0.4, -0.2) is 23.2 Å². The van der Waals surface area contributed by atoms with Gasteiger partial charge in [0.15, 0.2) is 0 Å². The number of aliphatic hydroxyl groups is 1. The van der Waals surface area contributed by atoms with Crippen molar-refractivity contribution in [2.45, 2.75) is 39.9 Å². The van der Waals surface area contributed by atoms with Crippen molar-refractivity contribution in [1.29, 1.82) is 0 Å². The van der Waals surface area contributed by atoms with E-state index in [1.165, 1.54) is 7.11 Å². The molecule has 0 saturated heterocycles. The Bertz CT molecular complexity index is 534. The maximum atomic E-state index is 12.1. The Morgan fingerprint density at radius 1 is 1.42 bits per heavy atom. The van der Waals surface area contributed by atoms with E-state index in [4.69, 9.17) is 9.47 Å². The molecule has 0 aliphatic carbocycles. The summed E-state index contributed by atoms with van der Waals surface area (Å²) >= 11 is 0. The second kappa shape index (κ2) is 4.20. The van der Waals surface area contributed by atoms with Gasteiger partial charge in [-0.1, -0.05) is 0 Å². The highest BCUT2D eigenvalue weighted by Gasteiger charge is 2.51. The average Bonchev–Trinajstić information content (AvgIpc) is 2.40. The molecule has 0 saturated carbocycles. The Hall–Kier alpha value is -1.62. The monoisotopic (exact) mass is 265 g/mol. The highest BCUT2D eigenvalue weighted by molar-refractivity contribution is 5.79. The van der Waals surface area contributed by atoms with E-state index in [0.29, 0.717) is 17.0 Å². The average molecular weight is 265 g/mol. The molecule has 1 aliphatic rings. The van der Waals surface area contributed by atoms with Crippen LogP contribution in [-0.2, 0) is 21.7 Å². The fraction of sp³-hybridized carbons (Fsp3) is 0.571. The Morgan fingerprint density at radius 3 is 2.63 bits per heavy atom. The maximum Gasteiger partial charge on any atom is 0.315 e. The third kappa shape index (κ3) is 1.89. The van der Waals surface area contributed by atoms with E-state index in [9.17, 15) is 9.90 Å². The summed E-state index contributed by atoms with van der Waals surface area (Å²) in [5, 5.41) is 10.9. The van der Waals surface area contributed by atoms with Crippen molar-refractivity contribution in [3.8, 4) is 5.88 Å². The van der Waals surface area contributed by atoms with Crippen LogP contribution in [0.15, 0.2) is 6.07 Å². The van der Waals surface area contributed by atoms with E-state index < -0.39 is 17.0 Å². The minimum atomic E-state index is -1.35. The summed E-state index contributed by atoms with van der Waals surface area (Å²) in [5.74, 6) is -0.0471. The van der Waals surface area contributed by atoms with E-state index in [2.05, 4.69) is 4.98 Å². The number of rotatable bonds is 1. The number of fused-ring (bicyclic) bond motifs is 1. The lowest BCUT2D eigenvalue weighted by atomic mass is 9.71. The summed E-state index contributed by atoms with van der Waals surface area (Å²) in [6.07, 6.45) is 0. The summed E-state index contributed by atoms with van der Waals surface area (Å²) < 4.78 is 10.5. The van der Waals surface area contributed by atoms with Crippen molar-refractivity contribution in [2.75, 3.05) is 7.11 Å². The zero-order chi connectivity index (χ0) is 14.4. The van der Waals surface area contributed by atoms with Crippen LogP contribution in [0.1, 0.15) is 37.6 Å². The first-order chi connectivity index (χ1) is 8.71. The number of carbonyl (C=O) groups excluding carboxylic acids is 1. The summed E-state index contributed by atoms with van der Waals surface area (Å²) in [5.41, 5.74) is -0.417. The molecule has 0 bridgehead atoms. The zero-order valence-electron chi connectivity index (χ0n) is 11.9. The number of methoxy groups -OCH3 is 1. The molecule has 0 fully saturated rings. The quantitative estimate of drug-likeness (QED) is 0.782. The molecular formula is C14H19NO4. The molecule has 19 heavy (non-hydrogen) atoms. The van der Waals surface area contributed by atoms with Crippen molar-refractivity contribution in [2.24, 2.45) is 5.41 Å². The van der Waals surface area contributed by atoms with E-state index in [0.717, 1.165) is 5.69 Å². The molecule has 5 nitrogen and oxygen atoms in total. The number of aromatic nitrogens is 1. The maximum absolute atomic E-state index is 12.1. The van der Waals surface area contributed by atoms with Gasteiger partial charge in [0.25, 0.3) is 0 Å². The summed E-state index contributed by atoms with van der Waals surface area (Å²) in [7, 11) is 1.51. The first-order valence-corrected chi connectivity index (χ1v) is 6.16. The minimum absolute atomic E-state index is 0.0597. The lowest BCUT2D eigenvalue weighted by molar-refractivity contribution is -0.169. The SMILES string of the molecule is COc1nc(C)cc2c1COC(=O)C(C)(C)C2(C)O. The van der Waals surface area contributed by atoms with E-state index >= 15 is 0 Å². The molecule has 5 heteroatoms. The van der Waals surface area contributed by atoms with E-state index in [1.807, 2.05) is 6.92 Å². The van der Waals surface area contributed by atoms with Crippen LogP contribution in [0.2, 0.25) is 0 Å². The van der Waals surface area contributed by atoms with Gasteiger partial charge in [0.05, 0.1) is 18.1 Å². The number of esters is 1. The van der Waals surface area contributed by atoms with Gasteiger partial charge in [-0.3, -0.25) is 4.79 Å². The minimum Gasteiger partial charge on any atom is -0.481 e. The first-order valence-electron chi connectivity index (χ1n) is 6.16. The van der Waals surface area contributed by atoms with Gasteiger partial charge < -0.3 is 14.6 Å². The largest absolute Gasteiger partial charge is 0.481 e. The van der Waals surface area contributed by atoms with Gasteiger partial charge in [0.2, 0.25) is 5.88 Å². The highest BCUT2D eigenvalue weighted by atomic mass is 16.5. The number of hydrogen-bond donors (Lipinski definition) is 1. The van der Waals surface area contributed by atoms with Gasteiger partial charge in [-0.25, -0.2) is 4.98 Å². The van der Waals surface area contributed by atoms with Gasteiger partial charge in [-0.05, 0) is 39.3 Å². The first kappa shape index (κ1) is 13.8. The van der Waals surface area contributed by atoms with E-state index in [-0.39, 0.29) is 6.61 Å². The molecule has 2 heterocycles. The number of hydrogen-bond acceptors (Lipinski definition) is 5. The Morgan fingerprint density at radius 2 is 2.05 bits per heavy atom. The van der Waals surface area contributed by atoms with Gasteiger partial charge >= 0.3 is 5.97 Å². The lowest BCUT2D eigenvalue weighted by Crippen LogP contribution is -2.44. The number of carbonyl (C=O) groups is 1. The molecular weight excluding hydrogens is 246 g/mol. The molecule has 2 rings (SSSR count). The second-order valence-corrected chi connectivity index (χ2v) is 5.57. The van der Waals surface area contributed by atoms with Gasteiger partial charge in [0, 0.05) is 5.69 Å². The summed E-state index contributed by atoms with van der Waals surface area (Å²) in [6, 6.07) is 1.78. The van der Waals surface area contributed by atoms with Crippen molar-refractivity contribution in [3.05, 3.63) is 22.9 Å². The van der Waals surface area contributed by atoms with Gasteiger partial charge in [-0.2, -0.15) is 0 Å². The molecule has 1 unspecified atom stereocenters. The van der Waals surface area contributed by atoms with Crippen LogP contribution >= 0.6 is 0 Å². The van der Waals surface area contributed by atoms with Crippen LogP contribution < -0.4 is 4.74 Å². The predicted molar refractivity (Wildman–Crippen MR) is 68.7 cm³/mol. The number of ether oxygens (including phenoxy) is 2.